The van der Waals surface area contributed by atoms with Gasteiger partial charge in [0.15, 0.2) is 0 Å². The van der Waals surface area contributed by atoms with E-state index in [0.717, 1.165) is 18.2 Å². The highest BCUT2D eigenvalue weighted by molar-refractivity contribution is 5.96. The summed E-state index contributed by atoms with van der Waals surface area (Å²) in [6, 6.07) is 2.65. The molecular weight excluding hydrogens is 284 g/mol. The molecule has 5 nitrogen and oxygen atoms in total. The van der Waals surface area contributed by atoms with Gasteiger partial charge in [-0.2, -0.15) is 0 Å². The zero-order chi connectivity index (χ0) is 15.1. The fraction of sp³-hybridized carbons (Fsp3) is 0.286. The smallest absolute Gasteiger partial charge is 0.310 e. The van der Waals surface area contributed by atoms with Crippen molar-refractivity contribution < 1.29 is 28.2 Å². The van der Waals surface area contributed by atoms with Crippen molar-refractivity contribution in [2.75, 3.05) is 5.32 Å². The van der Waals surface area contributed by atoms with Gasteiger partial charge in [0.2, 0.25) is 5.91 Å². The second-order valence-electron chi connectivity index (χ2n) is 4.95. The Morgan fingerprint density at radius 2 is 1.81 bits per heavy atom. The van der Waals surface area contributed by atoms with Crippen LogP contribution in [0, 0.1) is 23.5 Å². The van der Waals surface area contributed by atoms with Crippen LogP contribution < -0.4 is 5.32 Å². The average Bonchev–Trinajstić information content (AvgIpc) is 3.03. The van der Waals surface area contributed by atoms with Crippen LogP contribution in [0.15, 0.2) is 30.4 Å². The summed E-state index contributed by atoms with van der Waals surface area (Å²) in [6.07, 6.45) is 1.88. The number of benzene rings is 1. The summed E-state index contributed by atoms with van der Waals surface area (Å²) in [5.41, 5.74) is -0.323. The maximum absolute atomic E-state index is 13.5. The lowest BCUT2D eigenvalue weighted by molar-refractivity contribution is -0.145. The average molecular weight is 295 g/mol. The van der Waals surface area contributed by atoms with Crippen molar-refractivity contribution in [2.24, 2.45) is 11.8 Å². The lowest BCUT2D eigenvalue weighted by Crippen LogP contribution is -2.39. The molecule has 2 heterocycles. The molecular formula is C14H11F2NO4. The van der Waals surface area contributed by atoms with Crippen molar-refractivity contribution >= 4 is 17.6 Å². The van der Waals surface area contributed by atoms with E-state index >= 15 is 0 Å². The van der Waals surface area contributed by atoms with Crippen molar-refractivity contribution in [3.05, 3.63) is 42.0 Å². The molecule has 2 N–H and O–H groups in total. The fourth-order valence-electron chi connectivity index (χ4n) is 2.72. The normalized spacial score (nSPS) is 29.6. The van der Waals surface area contributed by atoms with E-state index in [0.29, 0.717) is 0 Å². The number of carbonyl (C=O) groups excluding carboxylic acids is 1. The monoisotopic (exact) mass is 295 g/mol. The zero-order valence-corrected chi connectivity index (χ0v) is 10.6. The van der Waals surface area contributed by atoms with Crippen LogP contribution in [0.2, 0.25) is 0 Å². The van der Waals surface area contributed by atoms with Crippen LogP contribution in [0.4, 0.5) is 14.5 Å². The van der Waals surface area contributed by atoms with Crippen LogP contribution in [0.1, 0.15) is 0 Å². The number of carboxylic acids is 1. The van der Waals surface area contributed by atoms with Crippen molar-refractivity contribution in [1.29, 1.82) is 0 Å². The largest absolute Gasteiger partial charge is 0.481 e. The molecule has 110 valence electrons. The van der Waals surface area contributed by atoms with Gasteiger partial charge in [0.05, 0.1) is 23.8 Å². The minimum atomic E-state index is -1.16. The number of halogens is 2. The van der Waals surface area contributed by atoms with Gasteiger partial charge in [-0.15, -0.1) is 0 Å². The van der Waals surface area contributed by atoms with E-state index < -0.39 is 47.6 Å². The zero-order valence-electron chi connectivity index (χ0n) is 10.6. The van der Waals surface area contributed by atoms with Crippen LogP contribution in [0.25, 0.3) is 0 Å². The molecule has 3 rings (SSSR count). The van der Waals surface area contributed by atoms with Gasteiger partial charge in [0.25, 0.3) is 0 Å². The lowest BCUT2D eigenvalue weighted by atomic mass is 9.82. The predicted octanol–water partition coefficient (Wildman–Crippen LogP) is 1.56. The first-order chi connectivity index (χ1) is 9.97. The molecule has 2 aliphatic rings. The van der Waals surface area contributed by atoms with Gasteiger partial charge in [-0.25, -0.2) is 8.78 Å². The first kappa shape index (κ1) is 13.7. The first-order valence-electron chi connectivity index (χ1n) is 6.30. The number of carbonyl (C=O) groups is 2. The van der Waals surface area contributed by atoms with Gasteiger partial charge in [0, 0.05) is 6.07 Å². The molecule has 0 saturated carbocycles. The molecule has 0 aromatic heterocycles. The fourth-order valence-corrected chi connectivity index (χ4v) is 2.72. The van der Waals surface area contributed by atoms with Crippen molar-refractivity contribution in [3.8, 4) is 0 Å². The Kier molecular flexibility index (Phi) is 3.21. The molecule has 4 atom stereocenters. The molecule has 1 aromatic rings. The highest BCUT2D eigenvalue weighted by Crippen LogP contribution is 2.40. The van der Waals surface area contributed by atoms with E-state index in [1.54, 1.807) is 12.2 Å². The molecule has 2 bridgehead atoms. The van der Waals surface area contributed by atoms with Crippen LogP contribution in [0.5, 0.6) is 0 Å². The highest BCUT2D eigenvalue weighted by atomic mass is 19.1. The van der Waals surface area contributed by atoms with E-state index in [1.807, 2.05) is 0 Å². The van der Waals surface area contributed by atoms with Crippen LogP contribution in [-0.2, 0) is 14.3 Å². The Morgan fingerprint density at radius 1 is 1.14 bits per heavy atom. The second-order valence-corrected chi connectivity index (χ2v) is 4.95. The predicted molar refractivity (Wildman–Crippen MR) is 67.4 cm³/mol. The third-order valence-electron chi connectivity index (χ3n) is 3.67. The van der Waals surface area contributed by atoms with Gasteiger partial charge < -0.3 is 15.2 Å². The van der Waals surface area contributed by atoms with Gasteiger partial charge in [-0.3, -0.25) is 9.59 Å². The maximum Gasteiger partial charge on any atom is 0.310 e. The van der Waals surface area contributed by atoms with E-state index in [4.69, 9.17) is 4.74 Å². The Hall–Kier alpha value is -2.28. The summed E-state index contributed by atoms with van der Waals surface area (Å²) in [5.74, 6) is -5.37. The molecule has 21 heavy (non-hydrogen) atoms. The summed E-state index contributed by atoms with van der Waals surface area (Å²) in [5, 5.41) is 11.4. The number of hydrogen-bond donors (Lipinski definition) is 2. The van der Waals surface area contributed by atoms with Crippen LogP contribution in [0.3, 0.4) is 0 Å². The second kappa shape index (κ2) is 4.92. The molecule has 0 aliphatic carbocycles. The number of rotatable bonds is 3. The minimum Gasteiger partial charge on any atom is -0.481 e. The molecule has 1 aromatic carbocycles. The Labute approximate surface area is 118 Å². The van der Waals surface area contributed by atoms with Gasteiger partial charge in [-0.1, -0.05) is 12.2 Å². The summed E-state index contributed by atoms with van der Waals surface area (Å²) < 4.78 is 32.0. The lowest BCUT2D eigenvalue weighted by Gasteiger charge is -2.21. The van der Waals surface area contributed by atoms with E-state index in [1.165, 1.54) is 0 Å². The number of fused-ring (bicyclic) bond motifs is 2. The minimum absolute atomic E-state index is 0.323. The van der Waals surface area contributed by atoms with Crippen molar-refractivity contribution in [1.82, 2.24) is 0 Å². The number of aliphatic carboxylic acids is 1. The standard InChI is InChI=1S/C14H11F2NO4/c15-6-1-2-7(16)8(5-6)17-13(18)11-9-3-4-10(21-9)12(11)14(19)20/h1-5,9-12H,(H,17,18)(H,19,20)/t9-,10-,11-,12-/m1/s1. The number of ether oxygens (including phenoxy) is 1. The summed E-state index contributed by atoms with van der Waals surface area (Å²) in [4.78, 5) is 23.5. The third kappa shape index (κ3) is 2.29. The molecule has 2 aliphatic heterocycles. The Bertz CT molecular complexity index is 646. The summed E-state index contributed by atoms with van der Waals surface area (Å²) in [7, 11) is 0. The van der Waals surface area contributed by atoms with Gasteiger partial charge >= 0.3 is 5.97 Å². The first-order valence-corrected chi connectivity index (χ1v) is 6.30. The molecule has 1 saturated heterocycles. The van der Waals surface area contributed by atoms with Crippen LogP contribution >= 0.6 is 0 Å². The molecule has 7 heteroatoms. The van der Waals surface area contributed by atoms with E-state index in [2.05, 4.69) is 5.32 Å². The summed E-state index contributed by atoms with van der Waals surface area (Å²) >= 11 is 0. The quantitative estimate of drug-likeness (QED) is 0.830. The molecule has 1 fully saturated rings. The Balaban J connectivity index is 1.83. The topological polar surface area (TPSA) is 75.6 Å². The van der Waals surface area contributed by atoms with Crippen LogP contribution in [-0.4, -0.2) is 29.2 Å². The highest BCUT2D eigenvalue weighted by Gasteiger charge is 2.53. The van der Waals surface area contributed by atoms with Gasteiger partial charge in [-0.05, 0) is 12.1 Å². The van der Waals surface area contributed by atoms with Crippen molar-refractivity contribution in [2.45, 2.75) is 12.2 Å². The molecule has 0 unspecified atom stereocenters. The van der Waals surface area contributed by atoms with Crippen molar-refractivity contribution in [3.63, 3.8) is 0 Å². The van der Waals surface area contributed by atoms with Gasteiger partial charge in [0.1, 0.15) is 17.6 Å². The number of carboxylic acid groups (broad SMARTS) is 1. The van der Waals surface area contributed by atoms with E-state index in [9.17, 15) is 23.5 Å². The number of amides is 1. The number of nitrogens with one attached hydrogen (secondary N) is 1. The molecule has 0 radical (unpaired) electrons. The number of hydrogen-bond acceptors (Lipinski definition) is 3. The summed E-state index contributed by atoms with van der Waals surface area (Å²) in [6.45, 7) is 0. The molecule has 1 amide bonds. The molecule has 0 spiro atoms. The SMILES string of the molecule is O=C(O)[C@H]1[C@H](C(=O)Nc2cc(F)ccc2F)[C@H]2C=C[C@H]1O2. The maximum atomic E-state index is 13.5. The Morgan fingerprint density at radius 3 is 2.48 bits per heavy atom. The third-order valence-corrected chi connectivity index (χ3v) is 3.67. The number of anilines is 1. The van der Waals surface area contributed by atoms with E-state index in [-0.39, 0.29) is 5.69 Å².